The number of nitrogens with zero attached hydrogens (tertiary/aromatic N) is 3. The molecule has 9 nitrogen and oxygen atoms in total. The summed E-state index contributed by atoms with van der Waals surface area (Å²) in [4.78, 5) is 72.8. The summed E-state index contributed by atoms with van der Waals surface area (Å²) in [5.41, 5.74) is 23.2. The molecule has 5 aromatic heterocycles. The number of para-hydroxylation sites is 8. The van der Waals surface area contributed by atoms with Crippen molar-refractivity contribution in [3.05, 3.63) is 404 Å². The molecule has 0 saturated carbocycles. The molecule has 9 heterocycles. The quantitative estimate of drug-likeness (QED) is 0.0450. The Morgan fingerprint density at radius 1 is 0.310 bits per heavy atom. The monoisotopic (exact) mass is 2070 g/mol. The number of carbonyl (C=O) groups is 5. The number of carbonyl (C=O) groups excluding carboxylic acids is 5. The second kappa shape index (κ2) is 35.2. The van der Waals surface area contributed by atoms with E-state index in [1.807, 2.05) is 6.07 Å². The molecule has 15 aromatic rings. The van der Waals surface area contributed by atoms with Crippen molar-refractivity contribution in [3.63, 3.8) is 0 Å². The van der Waals surface area contributed by atoms with E-state index in [9.17, 15) is 24.0 Å². The molecular formula is C100H82I2N4O5Se5. The van der Waals surface area contributed by atoms with Gasteiger partial charge in [-0.3, -0.25) is 9.59 Å². The van der Waals surface area contributed by atoms with Crippen LogP contribution < -0.4 is 20.0 Å². The molecule has 0 bridgehead atoms. The van der Waals surface area contributed by atoms with E-state index in [0.29, 0.717) is 65.8 Å². The van der Waals surface area contributed by atoms with Crippen molar-refractivity contribution in [3.8, 4) is 0 Å². The van der Waals surface area contributed by atoms with Gasteiger partial charge in [-0.1, -0.05) is 74.5 Å². The van der Waals surface area contributed by atoms with E-state index in [1.54, 1.807) is 54.6 Å². The van der Waals surface area contributed by atoms with Gasteiger partial charge < -0.3 is 5.32 Å². The Labute approximate surface area is 736 Å². The van der Waals surface area contributed by atoms with E-state index in [1.165, 1.54) is 109 Å². The van der Waals surface area contributed by atoms with Crippen molar-refractivity contribution < 1.29 is 24.0 Å². The summed E-state index contributed by atoms with van der Waals surface area (Å²) in [7, 11) is 0. The number of halogens is 2. The first kappa shape index (κ1) is 82.1. The van der Waals surface area contributed by atoms with Crippen molar-refractivity contribution in [2.45, 2.75) is 83.5 Å². The normalized spacial score (nSPS) is 14.8. The molecule has 21 rings (SSSR count). The maximum absolute atomic E-state index is 12.8. The smallest absolute Gasteiger partial charge is 0.171 e. The maximum atomic E-state index is 12.8. The molecule has 6 aliphatic rings. The molecule has 0 atom stereocenters. The van der Waals surface area contributed by atoms with Gasteiger partial charge in [0.05, 0.1) is 6.42 Å². The average Bonchev–Trinajstić information content (AvgIpc) is 1.03. The Morgan fingerprint density at radius 3 is 0.922 bits per heavy atom. The number of anilines is 11. The van der Waals surface area contributed by atoms with Crippen LogP contribution >= 0.6 is 45.2 Å². The van der Waals surface area contributed by atoms with E-state index < -0.39 is 0 Å². The summed E-state index contributed by atoms with van der Waals surface area (Å²) in [5.74, 6) is -0.441. The van der Waals surface area contributed by atoms with Gasteiger partial charge in [-0.25, -0.2) is 0 Å². The summed E-state index contributed by atoms with van der Waals surface area (Å²) >= 11 is 6.55. The topological polar surface area (TPSA) is 107 Å². The molecule has 1 N–H and O–H groups in total. The van der Waals surface area contributed by atoms with Crippen LogP contribution in [0, 0.1) is 4.89 Å². The van der Waals surface area contributed by atoms with Gasteiger partial charge in [0.25, 0.3) is 0 Å². The number of nitrogens with one attached hydrogen (secondary N) is 1. The predicted octanol–water partition coefficient (Wildman–Crippen LogP) is 24.1. The van der Waals surface area contributed by atoms with Crippen molar-refractivity contribution in [2.75, 3.05) is 20.0 Å². The second-order valence-corrected chi connectivity index (χ2v) is 46.5. The van der Waals surface area contributed by atoms with Crippen molar-refractivity contribution in [1.29, 1.82) is 0 Å². The standard InChI is InChI=1S/C29H21NO2Se.C20H17NOSe.C19H17NSe.C15H15N.C9H6O2.2C4H3ISe/c1-29(2)22-11-5-7-13-24(22)30(25-14-8-6-12-23(25)29)26-16-15-18(33-26)17-21-27(31)19-9-3-4-10-20(19)28(21)32;1-20(2)15-7-3-5-9-17(15)21(18-10-6-4-8-16(18)20)19-12-11-14(13-22)23-19;1-19(2)14-8-3-5-10-16(14)20(18-12-7-13-21-18)17-11-6-4-9-15(17)19;1-15(2)11-7-3-5-9-13(11)16-14-10-6-4-8-12(14)15;10-8-5-9(11)7-4-2-1-3-6(7)8;2*5-4-2-1-3-6-4/h3-17H,1-2H3;3-13H,1-2H3;3-13H,1-2H3;3-10,16H,1-2H3;1-4H,5H2;2*1-3H. The van der Waals surface area contributed by atoms with Crippen LogP contribution in [-0.2, 0) is 21.7 Å². The van der Waals surface area contributed by atoms with Gasteiger partial charge in [0.1, 0.15) is 0 Å². The number of rotatable bonds is 5. The number of aldehydes is 1. The molecule has 0 saturated heterocycles. The summed E-state index contributed by atoms with van der Waals surface area (Å²) in [6.07, 6.45) is 2.84. The van der Waals surface area contributed by atoms with Gasteiger partial charge in [0.15, 0.2) is 11.6 Å². The fraction of sp³-hybridized carbons (Fsp3) is 0.130. The van der Waals surface area contributed by atoms with Gasteiger partial charge in [0, 0.05) is 27.9 Å². The fourth-order valence-electron chi connectivity index (χ4n) is 16.1. The van der Waals surface area contributed by atoms with Crippen LogP contribution in [0.4, 0.5) is 59.2 Å². The number of allylic oxidation sites excluding steroid dienone is 1. The van der Waals surface area contributed by atoms with E-state index in [2.05, 4.69) is 384 Å². The van der Waals surface area contributed by atoms with Crippen LogP contribution in [0.15, 0.2) is 324 Å². The maximum Gasteiger partial charge on any atom is 0.171 e. The molecule has 576 valence electrons. The zero-order chi connectivity index (χ0) is 81.0. The van der Waals surface area contributed by atoms with Crippen LogP contribution in [0.3, 0.4) is 0 Å². The van der Waals surface area contributed by atoms with Crippen molar-refractivity contribution in [2.24, 2.45) is 0 Å². The third-order valence-corrected chi connectivity index (χ3v) is 34.0. The van der Waals surface area contributed by atoms with Crippen molar-refractivity contribution >= 4 is 212 Å². The molecule has 2 aliphatic carbocycles. The SMILES string of the molecule is CC1(C)c2ccccc2N(c2ccc(C=C3C(=O)c4ccccc4C3=O)[se]2)c2ccccc21.CC1(C)c2ccccc2N(c2ccc(C=O)[se]2)c2ccccc21.CC1(C)c2ccccc2N(c2ccc[se]2)c2ccccc21.CC1(C)c2ccccc2Nc2ccccc21.Ic1ccc[se]1.Ic1ccc[se]1.O=C1CC(=O)c2ccccc21. The van der Waals surface area contributed by atoms with Crippen LogP contribution in [0.2, 0.25) is 0 Å². The Kier molecular flexibility index (Phi) is 24.9. The average molecular weight is 2070 g/mol. The van der Waals surface area contributed by atoms with Gasteiger partial charge in [0.2, 0.25) is 0 Å². The third kappa shape index (κ3) is 16.5. The zero-order valence-corrected chi connectivity index (χ0v) is 78.0. The van der Waals surface area contributed by atoms with Gasteiger partial charge >= 0.3 is 585 Å². The predicted molar refractivity (Wildman–Crippen MR) is 499 cm³/mol. The minimum atomic E-state index is -0.170. The molecule has 116 heavy (non-hydrogen) atoms. The molecule has 0 radical (unpaired) electrons. The molecule has 4 aliphatic heterocycles. The molecule has 16 heteroatoms. The Bertz CT molecular complexity index is 5890. The van der Waals surface area contributed by atoms with Gasteiger partial charge in [-0.05, 0) is 23.3 Å². The number of hydrogen-bond acceptors (Lipinski definition) is 9. The number of benzene rings is 10. The zero-order valence-electron chi connectivity index (χ0n) is 65.1. The summed E-state index contributed by atoms with van der Waals surface area (Å²) in [6, 6.07) is 104. The van der Waals surface area contributed by atoms with Crippen LogP contribution in [0.1, 0.15) is 161 Å². The number of ketones is 4. The molecule has 0 fully saturated rings. The Hall–Kier alpha value is -9.05. The molecule has 0 spiro atoms. The summed E-state index contributed by atoms with van der Waals surface area (Å²) in [6.45, 7) is 18.3. The number of Topliss-reactive ketones (excluding diaryl/α,β-unsaturated/α-hetero) is 4. The summed E-state index contributed by atoms with van der Waals surface area (Å²) < 4.78 is 8.75. The molecule has 0 unspecified atom stereocenters. The molecule has 0 amide bonds. The van der Waals surface area contributed by atoms with E-state index in [-0.39, 0.29) is 85.8 Å². The van der Waals surface area contributed by atoms with E-state index in [4.69, 9.17) is 0 Å². The Morgan fingerprint density at radius 2 is 0.603 bits per heavy atom. The molecule has 10 aromatic carbocycles. The van der Waals surface area contributed by atoms with Crippen LogP contribution in [0.25, 0.3) is 6.08 Å². The first-order chi connectivity index (χ1) is 56.1. The second-order valence-electron chi connectivity index (χ2n) is 30.4. The fourth-order valence-corrected chi connectivity index (χ4v) is 25.3. The molecular weight excluding hydrogens is 1990 g/mol. The van der Waals surface area contributed by atoms with Crippen LogP contribution in [0.5, 0.6) is 0 Å². The van der Waals surface area contributed by atoms with Gasteiger partial charge in [-0.2, -0.15) is 0 Å². The largest absolute Gasteiger partial charge is 0.294 e. The number of fused-ring (bicyclic) bond motifs is 10. The summed E-state index contributed by atoms with van der Waals surface area (Å²) in [5, 5.41) is 3.50. The third-order valence-electron chi connectivity index (χ3n) is 21.9. The van der Waals surface area contributed by atoms with Gasteiger partial charge in [-0.15, -0.1) is 0 Å². The first-order valence-electron chi connectivity index (χ1n) is 38.1. The van der Waals surface area contributed by atoms with Crippen molar-refractivity contribution in [1.82, 2.24) is 0 Å². The van der Waals surface area contributed by atoms with Crippen LogP contribution in [-0.4, -0.2) is 102 Å². The minimum absolute atomic E-state index is 0.0310. The number of hydrogen-bond donors (Lipinski definition) is 1. The van der Waals surface area contributed by atoms with E-state index in [0.717, 1.165) is 15.2 Å². The first-order valence-corrected chi connectivity index (χ1v) is 49.2. The van der Waals surface area contributed by atoms with E-state index >= 15 is 0 Å². The minimum Gasteiger partial charge on any atom is -0.294 e. The Balaban J connectivity index is 0.000000113.